The van der Waals surface area contributed by atoms with E-state index in [4.69, 9.17) is 5.11 Å². The first-order valence-corrected chi connectivity index (χ1v) is 8.40. The molecule has 2 fully saturated rings. The Kier molecular flexibility index (Phi) is 4.51. The number of carbonyl (C=O) groups excluding carboxylic acids is 1. The summed E-state index contributed by atoms with van der Waals surface area (Å²) < 4.78 is 39.6. The molecule has 1 aromatic rings. The number of benzene rings is 1. The number of carbonyl (C=O) groups is 2. The van der Waals surface area contributed by atoms with Crippen LogP contribution in [0.25, 0.3) is 0 Å². The Morgan fingerprint density at radius 2 is 1.68 bits per heavy atom. The molecule has 136 valence electrons. The molecule has 1 aliphatic carbocycles. The van der Waals surface area contributed by atoms with Gasteiger partial charge in [0.15, 0.2) is 0 Å². The van der Waals surface area contributed by atoms with Gasteiger partial charge < -0.3 is 10.0 Å². The molecule has 4 nitrogen and oxygen atoms in total. The Labute approximate surface area is 143 Å². The number of rotatable bonds is 3. The van der Waals surface area contributed by atoms with E-state index in [1.807, 2.05) is 30.3 Å². The third-order valence-electron chi connectivity index (χ3n) is 5.54. The molecular weight excluding hydrogens is 335 g/mol. The number of carboxylic acid groups (broad SMARTS) is 1. The first-order chi connectivity index (χ1) is 11.8. The van der Waals surface area contributed by atoms with Crippen LogP contribution in [0.2, 0.25) is 0 Å². The number of halogens is 3. The predicted octanol–water partition coefficient (Wildman–Crippen LogP) is 3.22. The molecule has 0 bridgehead atoms. The molecule has 0 aromatic heterocycles. The second-order valence-electron chi connectivity index (χ2n) is 6.96. The highest BCUT2D eigenvalue weighted by Crippen LogP contribution is 2.45. The lowest BCUT2D eigenvalue weighted by Crippen LogP contribution is -2.45. The number of aliphatic carboxylic acids is 1. The Morgan fingerprint density at radius 3 is 2.16 bits per heavy atom. The van der Waals surface area contributed by atoms with Crippen LogP contribution in [0.1, 0.15) is 31.2 Å². The Morgan fingerprint density at radius 1 is 1.08 bits per heavy atom. The molecule has 1 amide bonds. The van der Waals surface area contributed by atoms with Gasteiger partial charge in [-0.25, -0.2) is 0 Å². The zero-order valence-corrected chi connectivity index (χ0v) is 13.6. The van der Waals surface area contributed by atoms with E-state index >= 15 is 0 Å². The summed E-state index contributed by atoms with van der Waals surface area (Å²) in [6.45, 7) is -0.958. The molecule has 0 spiro atoms. The summed E-state index contributed by atoms with van der Waals surface area (Å²) in [5, 5.41) is 9.16. The van der Waals surface area contributed by atoms with E-state index in [9.17, 15) is 22.8 Å². The van der Waals surface area contributed by atoms with Gasteiger partial charge in [0, 0.05) is 13.1 Å². The highest BCUT2D eigenvalue weighted by atomic mass is 19.4. The number of carboxylic acids is 1. The maximum Gasteiger partial charge on any atom is 0.394 e. The van der Waals surface area contributed by atoms with Gasteiger partial charge in [0.1, 0.15) is 0 Å². The maximum absolute atomic E-state index is 13.2. The second kappa shape index (κ2) is 6.35. The lowest BCUT2D eigenvalue weighted by molar-refractivity contribution is -0.188. The minimum atomic E-state index is -4.63. The molecule has 1 heterocycles. The summed E-state index contributed by atoms with van der Waals surface area (Å²) in [4.78, 5) is 25.6. The van der Waals surface area contributed by atoms with Gasteiger partial charge in [-0.1, -0.05) is 43.2 Å². The third-order valence-corrected chi connectivity index (χ3v) is 5.54. The number of alkyl halides is 3. The first-order valence-electron chi connectivity index (χ1n) is 8.40. The van der Waals surface area contributed by atoms with Gasteiger partial charge in [-0.2, -0.15) is 13.2 Å². The molecule has 3 rings (SSSR count). The third kappa shape index (κ3) is 3.12. The average Bonchev–Trinajstić information content (AvgIpc) is 3.23. The summed E-state index contributed by atoms with van der Waals surface area (Å²) in [5.74, 6) is -5.48. The van der Waals surface area contributed by atoms with Crippen molar-refractivity contribution in [1.82, 2.24) is 4.90 Å². The predicted molar refractivity (Wildman–Crippen MR) is 83.8 cm³/mol. The SMILES string of the molecule is O=C(O)[C@@H]1CN(C(=O)C2(c3ccccc3)CCCC2)C[C@H]1C(F)(F)F. The number of likely N-dealkylation sites (tertiary alicyclic amines) is 1. The van der Waals surface area contributed by atoms with Crippen LogP contribution in [-0.4, -0.2) is 41.1 Å². The molecule has 1 aliphatic heterocycles. The Bertz CT molecular complexity index is 653. The van der Waals surface area contributed by atoms with Crippen molar-refractivity contribution in [2.45, 2.75) is 37.3 Å². The van der Waals surface area contributed by atoms with Crippen LogP contribution in [0.3, 0.4) is 0 Å². The normalized spacial score (nSPS) is 26.0. The molecule has 1 N–H and O–H groups in total. The Hall–Kier alpha value is -2.05. The quantitative estimate of drug-likeness (QED) is 0.906. The standard InChI is InChI=1S/C18H20F3NO3/c19-18(20,21)14-11-22(10-13(14)15(23)24)16(25)17(8-4-5-9-17)12-6-2-1-3-7-12/h1-3,6-7,13-14H,4-5,8-11H2,(H,23,24)/t13-,14-/m1/s1. The van der Waals surface area contributed by atoms with Crippen LogP contribution < -0.4 is 0 Å². The molecule has 7 heteroatoms. The largest absolute Gasteiger partial charge is 0.481 e. The number of nitrogens with zero attached hydrogens (tertiary/aromatic N) is 1. The van der Waals surface area contributed by atoms with Crippen molar-refractivity contribution >= 4 is 11.9 Å². The van der Waals surface area contributed by atoms with Crippen molar-refractivity contribution in [3.63, 3.8) is 0 Å². The van der Waals surface area contributed by atoms with Crippen molar-refractivity contribution in [1.29, 1.82) is 0 Å². The second-order valence-corrected chi connectivity index (χ2v) is 6.96. The van der Waals surface area contributed by atoms with Crippen LogP contribution in [0, 0.1) is 11.8 Å². The van der Waals surface area contributed by atoms with E-state index in [2.05, 4.69) is 0 Å². The lowest BCUT2D eigenvalue weighted by Gasteiger charge is -2.33. The van der Waals surface area contributed by atoms with Crippen LogP contribution in [0.15, 0.2) is 30.3 Å². The molecule has 0 unspecified atom stereocenters. The van der Waals surface area contributed by atoms with Crippen LogP contribution >= 0.6 is 0 Å². The molecule has 2 aliphatic rings. The fourth-order valence-electron chi connectivity index (χ4n) is 4.22. The molecule has 25 heavy (non-hydrogen) atoms. The summed E-state index contributed by atoms with van der Waals surface area (Å²) >= 11 is 0. The minimum Gasteiger partial charge on any atom is -0.481 e. The summed E-state index contributed by atoms with van der Waals surface area (Å²) in [6.07, 6.45) is -1.80. The molecule has 0 radical (unpaired) electrons. The highest BCUT2D eigenvalue weighted by molar-refractivity contribution is 5.89. The smallest absolute Gasteiger partial charge is 0.394 e. The zero-order chi connectivity index (χ0) is 18.2. The van der Waals surface area contributed by atoms with Gasteiger partial charge in [0.25, 0.3) is 0 Å². The van der Waals surface area contributed by atoms with E-state index in [1.54, 1.807) is 0 Å². The monoisotopic (exact) mass is 355 g/mol. The summed E-state index contributed by atoms with van der Waals surface area (Å²) in [6, 6.07) is 9.10. The van der Waals surface area contributed by atoms with E-state index in [0.29, 0.717) is 12.8 Å². The van der Waals surface area contributed by atoms with Gasteiger partial charge in [-0.15, -0.1) is 0 Å². The fraction of sp³-hybridized carbons (Fsp3) is 0.556. The topological polar surface area (TPSA) is 57.6 Å². The average molecular weight is 355 g/mol. The zero-order valence-electron chi connectivity index (χ0n) is 13.6. The molecular formula is C18H20F3NO3. The minimum absolute atomic E-state index is 0.366. The molecule has 1 saturated heterocycles. The van der Waals surface area contributed by atoms with Crippen molar-refractivity contribution in [3.05, 3.63) is 35.9 Å². The van der Waals surface area contributed by atoms with E-state index < -0.39 is 35.9 Å². The molecule has 2 atom stereocenters. The van der Waals surface area contributed by atoms with Crippen LogP contribution in [-0.2, 0) is 15.0 Å². The van der Waals surface area contributed by atoms with Gasteiger partial charge in [-0.3, -0.25) is 9.59 Å². The van der Waals surface area contributed by atoms with Gasteiger partial charge >= 0.3 is 12.1 Å². The van der Waals surface area contributed by atoms with E-state index in [-0.39, 0.29) is 12.5 Å². The summed E-state index contributed by atoms with van der Waals surface area (Å²) in [7, 11) is 0. The first kappa shape index (κ1) is 17.8. The summed E-state index contributed by atoms with van der Waals surface area (Å²) in [5.41, 5.74) is -0.0232. The van der Waals surface area contributed by atoms with E-state index in [0.717, 1.165) is 23.3 Å². The van der Waals surface area contributed by atoms with Crippen molar-refractivity contribution in [3.8, 4) is 0 Å². The van der Waals surface area contributed by atoms with Crippen molar-refractivity contribution in [2.75, 3.05) is 13.1 Å². The van der Waals surface area contributed by atoms with Crippen LogP contribution in [0.5, 0.6) is 0 Å². The van der Waals surface area contributed by atoms with Gasteiger partial charge in [-0.05, 0) is 18.4 Å². The highest BCUT2D eigenvalue weighted by Gasteiger charge is 2.56. The van der Waals surface area contributed by atoms with Crippen molar-refractivity contribution in [2.24, 2.45) is 11.8 Å². The van der Waals surface area contributed by atoms with Gasteiger partial charge in [0.2, 0.25) is 5.91 Å². The number of hydrogen-bond acceptors (Lipinski definition) is 2. The number of hydrogen-bond donors (Lipinski definition) is 1. The maximum atomic E-state index is 13.2. The molecule has 1 saturated carbocycles. The van der Waals surface area contributed by atoms with Crippen LogP contribution in [0.4, 0.5) is 13.2 Å². The lowest BCUT2D eigenvalue weighted by atomic mass is 9.77. The van der Waals surface area contributed by atoms with Crippen molar-refractivity contribution < 1.29 is 27.9 Å². The molecule has 1 aromatic carbocycles. The van der Waals surface area contributed by atoms with E-state index in [1.165, 1.54) is 0 Å². The van der Waals surface area contributed by atoms with Gasteiger partial charge in [0.05, 0.1) is 17.3 Å². The Balaban J connectivity index is 1.90. The fourth-order valence-corrected chi connectivity index (χ4v) is 4.22. The number of amides is 1.